The smallest absolute Gasteiger partial charge is 0.0511 e. The topological polar surface area (TPSA) is 15.3 Å². The predicted octanol–water partition coefficient (Wildman–Crippen LogP) is 3.97. The molecule has 3 heteroatoms. The Morgan fingerprint density at radius 1 is 1.16 bits per heavy atom. The van der Waals surface area contributed by atoms with E-state index in [1.54, 1.807) is 0 Å². The van der Waals surface area contributed by atoms with Crippen molar-refractivity contribution in [3.8, 4) is 0 Å². The number of hydrogen-bond donors (Lipinski definition) is 1. The molecule has 1 aliphatic heterocycles. The summed E-state index contributed by atoms with van der Waals surface area (Å²) in [6.07, 6.45) is 0. The first-order valence-corrected chi connectivity index (χ1v) is 7.74. The van der Waals surface area contributed by atoms with Crippen LogP contribution >= 0.6 is 15.9 Å². The van der Waals surface area contributed by atoms with Gasteiger partial charge in [-0.25, -0.2) is 0 Å². The van der Waals surface area contributed by atoms with Crippen molar-refractivity contribution in [3.05, 3.63) is 28.2 Å². The second kappa shape index (κ2) is 5.10. The second-order valence-electron chi connectivity index (χ2n) is 7.21. The molecule has 2 nitrogen and oxygen atoms in total. The minimum absolute atomic E-state index is 0.137. The lowest BCUT2D eigenvalue weighted by Crippen LogP contribution is -2.46. The van der Waals surface area contributed by atoms with Crippen LogP contribution in [-0.2, 0) is 0 Å². The molecule has 0 unspecified atom stereocenters. The molecule has 1 aliphatic rings. The summed E-state index contributed by atoms with van der Waals surface area (Å²) >= 11 is 3.72. The van der Waals surface area contributed by atoms with E-state index in [1.807, 2.05) is 0 Å². The summed E-state index contributed by atoms with van der Waals surface area (Å²) in [4.78, 5) is 2.50. The van der Waals surface area contributed by atoms with E-state index in [0.29, 0.717) is 0 Å². The monoisotopic (exact) mass is 324 g/mol. The van der Waals surface area contributed by atoms with E-state index in [-0.39, 0.29) is 11.0 Å². The zero-order valence-electron chi connectivity index (χ0n) is 12.7. The van der Waals surface area contributed by atoms with Gasteiger partial charge < -0.3 is 10.2 Å². The minimum atomic E-state index is 0.137. The zero-order valence-corrected chi connectivity index (χ0v) is 14.3. The molecule has 1 N–H and O–H groups in total. The van der Waals surface area contributed by atoms with Crippen LogP contribution in [0.5, 0.6) is 0 Å². The third-order valence-electron chi connectivity index (χ3n) is 3.69. The fourth-order valence-corrected chi connectivity index (χ4v) is 3.42. The first-order valence-electron chi connectivity index (χ1n) is 6.95. The van der Waals surface area contributed by atoms with Crippen LogP contribution < -0.4 is 10.2 Å². The van der Waals surface area contributed by atoms with Crippen molar-refractivity contribution in [1.29, 1.82) is 0 Å². The lowest BCUT2D eigenvalue weighted by molar-refractivity contribution is 0.332. The highest BCUT2D eigenvalue weighted by Gasteiger charge is 2.33. The normalized spacial score (nSPS) is 22.1. The molecule has 1 saturated heterocycles. The Morgan fingerprint density at radius 2 is 1.84 bits per heavy atom. The van der Waals surface area contributed by atoms with Gasteiger partial charge in [0.15, 0.2) is 0 Å². The van der Waals surface area contributed by atoms with E-state index in [2.05, 4.69) is 79.0 Å². The van der Waals surface area contributed by atoms with Gasteiger partial charge >= 0.3 is 0 Å². The maximum absolute atomic E-state index is 3.72. The van der Waals surface area contributed by atoms with Crippen LogP contribution in [0.4, 0.5) is 5.69 Å². The maximum atomic E-state index is 3.72. The van der Waals surface area contributed by atoms with E-state index in [1.165, 1.54) is 15.7 Å². The lowest BCUT2D eigenvalue weighted by atomic mass is 9.93. The molecule has 1 aromatic rings. The highest BCUT2D eigenvalue weighted by Crippen LogP contribution is 2.32. The first-order chi connectivity index (χ1) is 8.69. The molecule has 1 aromatic carbocycles. The SMILES string of the molecule is Cc1ccc(N2CC(C)(C)CNC(C)(C)C2)c(Br)c1. The third kappa shape index (κ3) is 3.73. The van der Waals surface area contributed by atoms with E-state index >= 15 is 0 Å². The summed E-state index contributed by atoms with van der Waals surface area (Å²) in [7, 11) is 0. The number of aryl methyl sites for hydroxylation is 1. The van der Waals surface area contributed by atoms with Crippen molar-refractivity contribution < 1.29 is 0 Å². The number of benzene rings is 1. The van der Waals surface area contributed by atoms with Gasteiger partial charge in [0.2, 0.25) is 0 Å². The third-order valence-corrected chi connectivity index (χ3v) is 4.33. The largest absolute Gasteiger partial charge is 0.368 e. The molecule has 2 rings (SSSR count). The Morgan fingerprint density at radius 3 is 2.47 bits per heavy atom. The summed E-state index contributed by atoms with van der Waals surface area (Å²) < 4.78 is 1.20. The van der Waals surface area contributed by atoms with Gasteiger partial charge in [-0.3, -0.25) is 0 Å². The molecule has 1 heterocycles. The lowest BCUT2D eigenvalue weighted by Gasteiger charge is -2.33. The van der Waals surface area contributed by atoms with Crippen LogP contribution in [0, 0.1) is 12.3 Å². The summed E-state index contributed by atoms with van der Waals surface area (Å²) in [6, 6.07) is 6.63. The highest BCUT2D eigenvalue weighted by atomic mass is 79.9. The second-order valence-corrected chi connectivity index (χ2v) is 8.07. The summed E-state index contributed by atoms with van der Waals surface area (Å²) in [5, 5.41) is 3.68. The molecule has 0 saturated carbocycles. The van der Waals surface area contributed by atoms with Gasteiger partial charge in [0, 0.05) is 29.6 Å². The van der Waals surface area contributed by atoms with Crippen LogP contribution in [0.25, 0.3) is 0 Å². The number of hydrogen-bond acceptors (Lipinski definition) is 2. The maximum Gasteiger partial charge on any atom is 0.0511 e. The Hall–Kier alpha value is -0.540. The van der Waals surface area contributed by atoms with E-state index in [4.69, 9.17) is 0 Å². The Bertz CT molecular complexity index is 448. The van der Waals surface area contributed by atoms with E-state index < -0.39 is 0 Å². The average molecular weight is 325 g/mol. The molecular weight excluding hydrogens is 300 g/mol. The van der Waals surface area contributed by atoms with Crippen LogP contribution in [0.3, 0.4) is 0 Å². The molecule has 0 bridgehead atoms. The van der Waals surface area contributed by atoms with E-state index in [0.717, 1.165) is 19.6 Å². The van der Waals surface area contributed by atoms with Crippen LogP contribution in [0.15, 0.2) is 22.7 Å². The van der Waals surface area contributed by atoms with Crippen molar-refractivity contribution in [1.82, 2.24) is 5.32 Å². The van der Waals surface area contributed by atoms with Gasteiger partial charge in [0.25, 0.3) is 0 Å². The predicted molar refractivity (Wildman–Crippen MR) is 87.0 cm³/mol. The van der Waals surface area contributed by atoms with Gasteiger partial charge in [-0.15, -0.1) is 0 Å². The molecule has 0 spiro atoms. The zero-order chi connectivity index (χ0) is 14.3. The number of nitrogens with one attached hydrogen (secondary N) is 1. The number of rotatable bonds is 1. The standard InChI is InChI=1S/C16H25BrN2/c1-12-6-7-14(13(17)8-12)19-10-15(2,3)9-18-16(4,5)11-19/h6-8,18H,9-11H2,1-5H3. The molecule has 0 amide bonds. The number of anilines is 1. The van der Waals surface area contributed by atoms with Crippen molar-refractivity contribution in [2.75, 3.05) is 24.5 Å². The minimum Gasteiger partial charge on any atom is -0.368 e. The Kier molecular flexibility index (Phi) is 3.99. The van der Waals surface area contributed by atoms with Crippen molar-refractivity contribution >= 4 is 21.6 Å². The van der Waals surface area contributed by atoms with Crippen molar-refractivity contribution in [3.63, 3.8) is 0 Å². The number of nitrogens with zero attached hydrogens (tertiary/aromatic N) is 1. The summed E-state index contributed by atoms with van der Waals surface area (Å²) in [6.45, 7) is 14.5. The Balaban J connectivity index is 2.35. The van der Waals surface area contributed by atoms with Crippen LogP contribution in [0.2, 0.25) is 0 Å². The molecule has 0 aromatic heterocycles. The van der Waals surface area contributed by atoms with Gasteiger partial charge in [0.1, 0.15) is 0 Å². The summed E-state index contributed by atoms with van der Waals surface area (Å²) in [5.41, 5.74) is 3.01. The van der Waals surface area contributed by atoms with Gasteiger partial charge in [-0.05, 0) is 59.8 Å². The van der Waals surface area contributed by atoms with Gasteiger partial charge in [0.05, 0.1) is 5.69 Å². The average Bonchev–Trinajstić information content (AvgIpc) is 2.35. The van der Waals surface area contributed by atoms with Crippen LogP contribution in [-0.4, -0.2) is 25.2 Å². The van der Waals surface area contributed by atoms with Crippen molar-refractivity contribution in [2.24, 2.45) is 5.41 Å². The molecule has 0 atom stereocenters. The molecular formula is C16H25BrN2. The molecule has 106 valence electrons. The molecule has 1 fully saturated rings. The highest BCUT2D eigenvalue weighted by molar-refractivity contribution is 9.10. The Labute approximate surface area is 125 Å². The molecule has 0 radical (unpaired) electrons. The fourth-order valence-electron chi connectivity index (χ4n) is 2.68. The number of halogens is 1. The van der Waals surface area contributed by atoms with Gasteiger partial charge in [-0.1, -0.05) is 19.9 Å². The fraction of sp³-hybridized carbons (Fsp3) is 0.625. The van der Waals surface area contributed by atoms with Crippen molar-refractivity contribution in [2.45, 2.75) is 40.2 Å². The van der Waals surface area contributed by atoms with E-state index in [9.17, 15) is 0 Å². The summed E-state index contributed by atoms with van der Waals surface area (Å²) in [5.74, 6) is 0. The van der Waals surface area contributed by atoms with Crippen LogP contribution in [0.1, 0.15) is 33.3 Å². The first kappa shape index (κ1) is 14.9. The molecule has 19 heavy (non-hydrogen) atoms. The molecule has 0 aliphatic carbocycles. The quantitative estimate of drug-likeness (QED) is 0.840. The van der Waals surface area contributed by atoms with Gasteiger partial charge in [-0.2, -0.15) is 0 Å².